The minimum atomic E-state index is -0.939. The third-order valence-corrected chi connectivity index (χ3v) is 6.97. The fourth-order valence-corrected chi connectivity index (χ4v) is 5.25. The number of fused-ring (bicyclic) bond motifs is 3. The van der Waals surface area contributed by atoms with Gasteiger partial charge in [-0.15, -0.1) is 0 Å². The molecule has 3 N–H and O–H groups in total. The number of benzene rings is 2. The lowest BCUT2D eigenvalue weighted by molar-refractivity contribution is -0.148. The molecule has 1 spiro atoms. The molecule has 0 saturated heterocycles. The molecule has 1 aliphatic heterocycles. The summed E-state index contributed by atoms with van der Waals surface area (Å²) in [4.78, 5) is 38.6. The maximum atomic E-state index is 13.2. The maximum absolute atomic E-state index is 13.2. The zero-order valence-electron chi connectivity index (χ0n) is 21.5. The van der Waals surface area contributed by atoms with Gasteiger partial charge in [-0.05, 0) is 46.6 Å². The average molecular weight is 483 g/mol. The molecule has 0 radical (unpaired) electrons. The fraction of sp³-hybridized carbons (Fsp3) is 0.536. The second-order valence-electron chi connectivity index (χ2n) is 11.1. The van der Waals surface area contributed by atoms with E-state index in [0.717, 1.165) is 22.0 Å². The van der Waals surface area contributed by atoms with Crippen molar-refractivity contribution in [2.75, 3.05) is 25.3 Å². The number of nitrogens with zero attached hydrogens (tertiary/aromatic N) is 1. The van der Waals surface area contributed by atoms with Crippen LogP contribution in [0, 0.1) is 16.7 Å². The molecule has 1 fully saturated rings. The smallest absolute Gasteiger partial charge is 0.320 e. The van der Waals surface area contributed by atoms with Gasteiger partial charge in [0, 0.05) is 32.2 Å². The molecule has 1 atom stereocenters. The Bertz CT molecular complexity index is 1090. The number of Topliss-reactive ketones (excluding diaryl/α,β-unsaturated/α-hetero) is 2. The molecule has 0 aromatic heterocycles. The standard InChI is InChI=1S/C22H25NO3.C6H13NO2/c1-21(2)11-19(24)22(20(25)12-21)10-17-16-7-5-4-6-15(16)8-9-18(17)23(13-22)14-26-3;1-4(2)3-5(7)6(8)9/h4-9H,10-14H2,1-3H3;4-5H,3,7H2,1-2H3,(H,8,9)/t;5-/m.0/s1. The predicted molar refractivity (Wildman–Crippen MR) is 137 cm³/mol. The fourth-order valence-electron chi connectivity index (χ4n) is 5.25. The van der Waals surface area contributed by atoms with Gasteiger partial charge in [-0.3, -0.25) is 14.4 Å². The van der Waals surface area contributed by atoms with Crippen LogP contribution in [0.25, 0.3) is 10.8 Å². The van der Waals surface area contributed by atoms with E-state index in [4.69, 9.17) is 15.6 Å². The van der Waals surface area contributed by atoms with Crippen molar-refractivity contribution in [3.05, 3.63) is 42.0 Å². The molecule has 0 bridgehead atoms. The highest BCUT2D eigenvalue weighted by Gasteiger charge is 2.54. The molecule has 7 nitrogen and oxygen atoms in total. The molecule has 1 saturated carbocycles. The lowest BCUT2D eigenvalue weighted by Crippen LogP contribution is -2.57. The van der Waals surface area contributed by atoms with E-state index in [1.54, 1.807) is 7.11 Å². The van der Waals surface area contributed by atoms with Crippen LogP contribution in [0.3, 0.4) is 0 Å². The highest BCUT2D eigenvalue weighted by molar-refractivity contribution is 6.11. The van der Waals surface area contributed by atoms with E-state index in [9.17, 15) is 14.4 Å². The SMILES string of the molecule is CC(C)C[C@H](N)C(=O)O.COCN1CC2(Cc3c1ccc1ccccc31)C(=O)CC(C)(C)CC2=O. The average Bonchev–Trinajstić information content (AvgIpc) is 2.77. The number of methoxy groups -OCH3 is 1. The second kappa shape index (κ2) is 10.5. The monoisotopic (exact) mass is 482 g/mol. The zero-order chi connectivity index (χ0) is 26.0. The van der Waals surface area contributed by atoms with Crippen LogP contribution in [-0.4, -0.2) is 49.1 Å². The van der Waals surface area contributed by atoms with Gasteiger partial charge in [0.15, 0.2) is 0 Å². The van der Waals surface area contributed by atoms with Crippen LogP contribution in [0.4, 0.5) is 5.69 Å². The number of ketones is 2. The molecule has 0 unspecified atom stereocenters. The number of rotatable bonds is 5. The first-order chi connectivity index (χ1) is 16.4. The van der Waals surface area contributed by atoms with Gasteiger partial charge < -0.3 is 20.5 Å². The first-order valence-corrected chi connectivity index (χ1v) is 12.2. The quantitative estimate of drug-likeness (QED) is 0.615. The van der Waals surface area contributed by atoms with Crippen molar-refractivity contribution in [1.82, 2.24) is 0 Å². The number of carboxylic acids is 1. The van der Waals surface area contributed by atoms with Gasteiger partial charge in [0.05, 0.1) is 0 Å². The number of carbonyl (C=O) groups is 3. The van der Waals surface area contributed by atoms with Crippen LogP contribution in [0.1, 0.15) is 52.5 Å². The lowest BCUT2D eigenvalue weighted by Gasteiger charge is -2.47. The number of hydrogen-bond donors (Lipinski definition) is 2. The third kappa shape index (κ3) is 5.73. The van der Waals surface area contributed by atoms with Crippen LogP contribution >= 0.6 is 0 Å². The molecule has 0 amide bonds. The lowest BCUT2D eigenvalue weighted by atomic mass is 9.60. The van der Waals surface area contributed by atoms with Crippen molar-refractivity contribution in [3.8, 4) is 0 Å². The Hall–Kier alpha value is -2.77. The van der Waals surface area contributed by atoms with E-state index in [1.807, 2.05) is 39.8 Å². The van der Waals surface area contributed by atoms with Crippen LogP contribution in [0.2, 0.25) is 0 Å². The normalized spacial score (nSPS) is 19.3. The van der Waals surface area contributed by atoms with Crippen molar-refractivity contribution < 1.29 is 24.2 Å². The molecule has 2 aromatic rings. The van der Waals surface area contributed by atoms with Gasteiger partial charge in [0.25, 0.3) is 0 Å². The van der Waals surface area contributed by atoms with Gasteiger partial charge >= 0.3 is 5.97 Å². The summed E-state index contributed by atoms with van der Waals surface area (Å²) in [7, 11) is 1.65. The summed E-state index contributed by atoms with van der Waals surface area (Å²) in [5, 5.41) is 10.6. The second-order valence-corrected chi connectivity index (χ2v) is 11.1. The number of carboxylic acid groups (broad SMARTS) is 1. The minimum absolute atomic E-state index is 0.0819. The Kier molecular flexibility index (Phi) is 8.02. The van der Waals surface area contributed by atoms with Gasteiger partial charge in [-0.25, -0.2) is 0 Å². The summed E-state index contributed by atoms with van der Waals surface area (Å²) in [5.74, 6) is -0.392. The van der Waals surface area contributed by atoms with Gasteiger partial charge in [0.2, 0.25) is 0 Å². The van der Waals surface area contributed by atoms with E-state index >= 15 is 0 Å². The van der Waals surface area contributed by atoms with E-state index < -0.39 is 17.4 Å². The van der Waals surface area contributed by atoms with Gasteiger partial charge in [-0.2, -0.15) is 0 Å². The number of nitrogens with two attached hydrogens (primary N) is 1. The summed E-state index contributed by atoms with van der Waals surface area (Å²) in [6.45, 7) is 8.70. The van der Waals surface area contributed by atoms with E-state index in [0.29, 0.717) is 44.9 Å². The molecule has 190 valence electrons. The van der Waals surface area contributed by atoms with Crippen LogP contribution in [0.15, 0.2) is 36.4 Å². The summed E-state index contributed by atoms with van der Waals surface area (Å²) >= 11 is 0. The number of carbonyl (C=O) groups excluding carboxylic acids is 2. The van der Waals surface area contributed by atoms with Crippen LogP contribution in [-0.2, 0) is 25.5 Å². The topological polar surface area (TPSA) is 110 Å². The highest BCUT2D eigenvalue weighted by atomic mass is 16.5. The molecular formula is C28H38N2O5. The number of hydrogen-bond acceptors (Lipinski definition) is 6. The largest absolute Gasteiger partial charge is 0.480 e. The Morgan fingerprint density at radius 3 is 2.26 bits per heavy atom. The van der Waals surface area contributed by atoms with Crippen molar-refractivity contribution >= 4 is 34.0 Å². The molecule has 7 heteroatoms. The Morgan fingerprint density at radius 2 is 1.71 bits per heavy atom. The first-order valence-electron chi connectivity index (χ1n) is 12.2. The van der Waals surface area contributed by atoms with Crippen molar-refractivity contribution in [2.45, 2.75) is 59.4 Å². The van der Waals surface area contributed by atoms with Gasteiger partial charge in [-0.1, -0.05) is 58.0 Å². The first kappa shape index (κ1) is 26.8. The van der Waals surface area contributed by atoms with Gasteiger partial charge in [0.1, 0.15) is 29.8 Å². The predicted octanol–water partition coefficient (Wildman–Crippen LogP) is 4.20. The van der Waals surface area contributed by atoms with Crippen LogP contribution < -0.4 is 10.6 Å². The Labute approximate surface area is 207 Å². The minimum Gasteiger partial charge on any atom is -0.480 e. The Morgan fingerprint density at radius 1 is 1.09 bits per heavy atom. The summed E-state index contributed by atoms with van der Waals surface area (Å²) < 4.78 is 5.40. The van der Waals surface area contributed by atoms with Crippen LogP contribution in [0.5, 0.6) is 0 Å². The molecule has 2 aromatic carbocycles. The summed E-state index contributed by atoms with van der Waals surface area (Å²) in [6.07, 6.45) is 1.96. The molecule has 1 aliphatic carbocycles. The Balaban J connectivity index is 0.000000327. The van der Waals surface area contributed by atoms with E-state index in [2.05, 4.69) is 29.2 Å². The van der Waals surface area contributed by atoms with E-state index in [1.165, 1.54) is 0 Å². The number of ether oxygens (including phenoxy) is 1. The maximum Gasteiger partial charge on any atom is 0.320 e. The number of anilines is 1. The molecule has 35 heavy (non-hydrogen) atoms. The van der Waals surface area contributed by atoms with Crippen molar-refractivity contribution in [2.24, 2.45) is 22.5 Å². The molecule has 4 rings (SSSR count). The van der Waals surface area contributed by atoms with E-state index in [-0.39, 0.29) is 17.0 Å². The van der Waals surface area contributed by atoms with Crippen molar-refractivity contribution in [3.63, 3.8) is 0 Å². The highest BCUT2D eigenvalue weighted by Crippen LogP contribution is 2.48. The number of aliphatic carboxylic acids is 1. The summed E-state index contributed by atoms with van der Waals surface area (Å²) in [6, 6.07) is 11.7. The molecule has 1 heterocycles. The molecular weight excluding hydrogens is 444 g/mol. The van der Waals surface area contributed by atoms with Crippen molar-refractivity contribution in [1.29, 1.82) is 0 Å². The zero-order valence-corrected chi connectivity index (χ0v) is 21.5. The third-order valence-electron chi connectivity index (χ3n) is 6.97. The molecule has 2 aliphatic rings. The summed E-state index contributed by atoms with van der Waals surface area (Å²) in [5.41, 5.74) is 6.19.